The molecular formula is C31H31ClN4O5. The van der Waals surface area contributed by atoms with Crippen LogP contribution in [0.5, 0.6) is 0 Å². The van der Waals surface area contributed by atoms with Gasteiger partial charge in [0.1, 0.15) is 11.7 Å². The van der Waals surface area contributed by atoms with Crippen LogP contribution in [0.4, 0.5) is 5.69 Å². The van der Waals surface area contributed by atoms with Crippen molar-refractivity contribution in [2.45, 2.75) is 39.3 Å². The molecule has 0 aliphatic carbocycles. The lowest BCUT2D eigenvalue weighted by Gasteiger charge is -2.17. The third-order valence-corrected chi connectivity index (χ3v) is 6.46. The highest BCUT2D eigenvalue weighted by Gasteiger charge is 2.24. The highest BCUT2D eigenvalue weighted by molar-refractivity contribution is 6.32. The number of nitrogens with one attached hydrogen (secondary N) is 2. The smallest absolute Gasteiger partial charge is 0.328 e. The lowest BCUT2D eigenvalue weighted by Crippen LogP contribution is -2.42. The van der Waals surface area contributed by atoms with Crippen molar-refractivity contribution in [3.8, 4) is 11.3 Å². The van der Waals surface area contributed by atoms with Crippen LogP contribution in [0.3, 0.4) is 0 Å². The number of carbonyl (C=O) groups excluding carboxylic acids is 3. The fraction of sp³-hybridized carbons (Fsp3) is 0.258. The molecule has 3 aromatic carbocycles. The summed E-state index contributed by atoms with van der Waals surface area (Å²) < 4.78 is 9.97. The van der Waals surface area contributed by atoms with Gasteiger partial charge in [0.2, 0.25) is 0 Å². The van der Waals surface area contributed by atoms with Gasteiger partial charge in [0, 0.05) is 29.8 Å². The van der Waals surface area contributed by atoms with Crippen molar-refractivity contribution < 1.29 is 23.9 Å². The van der Waals surface area contributed by atoms with Crippen molar-refractivity contribution in [1.82, 2.24) is 15.3 Å². The molecule has 9 nitrogen and oxygen atoms in total. The molecule has 0 radical (unpaired) electrons. The number of carbonyl (C=O) groups is 3. The van der Waals surface area contributed by atoms with Gasteiger partial charge in [0.15, 0.2) is 5.15 Å². The van der Waals surface area contributed by atoms with Gasteiger partial charge in [-0.25, -0.2) is 14.8 Å². The molecule has 1 amide bonds. The van der Waals surface area contributed by atoms with Gasteiger partial charge in [-0.3, -0.25) is 9.59 Å². The van der Waals surface area contributed by atoms with Crippen molar-refractivity contribution in [3.63, 3.8) is 0 Å². The monoisotopic (exact) mass is 574 g/mol. The minimum atomic E-state index is -0.960. The number of benzene rings is 3. The molecule has 4 rings (SSSR count). The third kappa shape index (κ3) is 8.02. The maximum Gasteiger partial charge on any atom is 0.328 e. The zero-order valence-corrected chi connectivity index (χ0v) is 23.6. The van der Waals surface area contributed by atoms with E-state index in [2.05, 4.69) is 15.6 Å². The molecule has 10 heteroatoms. The summed E-state index contributed by atoms with van der Waals surface area (Å²) in [6.45, 7) is 4.30. The van der Waals surface area contributed by atoms with Gasteiger partial charge in [-0.1, -0.05) is 48.0 Å². The second-order valence-electron chi connectivity index (χ2n) is 9.10. The SMILES string of the molecule is CCOC(=O)CCC(NC(=O)c1ccc(NCc2ccc3nc(-c4ccccc4)c(Cl)nc3c2)cc1)C(=O)OCC. The topological polar surface area (TPSA) is 120 Å². The van der Waals surface area contributed by atoms with E-state index < -0.39 is 23.9 Å². The Labute approximate surface area is 243 Å². The number of fused-ring (bicyclic) bond motifs is 1. The van der Waals surface area contributed by atoms with E-state index >= 15 is 0 Å². The van der Waals surface area contributed by atoms with Crippen molar-refractivity contribution in [3.05, 3.63) is 89.1 Å². The summed E-state index contributed by atoms with van der Waals surface area (Å²) in [5, 5.41) is 6.33. The molecule has 0 fully saturated rings. The van der Waals surface area contributed by atoms with Crippen molar-refractivity contribution in [1.29, 1.82) is 0 Å². The number of hydrogen-bond donors (Lipinski definition) is 2. The lowest BCUT2D eigenvalue weighted by atomic mass is 10.1. The Kier molecular flexibility index (Phi) is 10.2. The number of hydrogen-bond acceptors (Lipinski definition) is 8. The molecular weight excluding hydrogens is 544 g/mol. The molecule has 0 saturated heterocycles. The van der Waals surface area contributed by atoms with Gasteiger partial charge >= 0.3 is 11.9 Å². The number of ether oxygens (including phenoxy) is 2. The minimum Gasteiger partial charge on any atom is -0.466 e. The fourth-order valence-electron chi connectivity index (χ4n) is 4.14. The Morgan fingerprint density at radius 1 is 0.878 bits per heavy atom. The third-order valence-electron chi connectivity index (χ3n) is 6.20. The van der Waals surface area contributed by atoms with Gasteiger partial charge in [0.05, 0.1) is 24.2 Å². The van der Waals surface area contributed by atoms with Crippen molar-refractivity contribution >= 4 is 46.2 Å². The molecule has 41 heavy (non-hydrogen) atoms. The summed E-state index contributed by atoms with van der Waals surface area (Å²) in [6, 6.07) is 21.4. The highest BCUT2D eigenvalue weighted by Crippen LogP contribution is 2.27. The number of nitrogens with zero attached hydrogens (tertiary/aromatic N) is 2. The molecule has 0 spiro atoms. The van der Waals surface area contributed by atoms with E-state index in [0.717, 1.165) is 22.3 Å². The van der Waals surface area contributed by atoms with E-state index in [9.17, 15) is 14.4 Å². The van der Waals surface area contributed by atoms with Crippen LogP contribution in [0.2, 0.25) is 5.15 Å². The largest absolute Gasteiger partial charge is 0.466 e. The van der Waals surface area contributed by atoms with Gasteiger partial charge < -0.3 is 20.1 Å². The summed E-state index contributed by atoms with van der Waals surface area (Å²) in [5.74, 6) is -1.48. The van der Waals surface area contributed by atoms with Crippen LogP contribution < -0.4 is 10.6 Å². The maximum atomic E-state index is 12.8. The Bertz CT molecular complexity index is 1510. The average molecular weight is 575 g/mol. The highest BCUT2D eigenvalue weighted by atomic mass is 35.5. The Balaban J connectivity index is 1.37. The van der Waals surface area contributed by atoms with Gasteiger partial charge in [-0.15, -0.1) is 0 Å². The van der Waals surface area contributed by atoms with E-state index in [1.165, 1.54) is 0 Å². The number of amides is 1. The number of rotatable bonds is 12. The Hall–Kier alpha value is -4.50. The molecule has 0 aliphatic rings. The van der Waals surface area contributed by atoms with Crippen LogP contribution in [-0.2, 0) is 25.6 Å². The molecule has 0 bridgehead atoms. The summed E-state index contributed by atoms with van der Waals surface area (Å²) in [6.07, 6.45) is 0.0686. The number of esters is 2. The van der Waals surface area contributed by atoms with E-state index in [1.54, 1.807) is 38.1 Å². The van der Waals surface area contributed by atoms with Gasteiger partial charge in [-0.2, -0.15) is 0 Å². The zero-order valence-electron chi connectivity index (χ0n) is 22.9. The molecule has 0 aliphatic heterocycles. The molecule has 0 saturated carbocycles. The van der Waals surface area contributed by atoms with Gasteiger partial charge in [-0.05, 0) is 62.2 Å². The van der Waals surface area contributed by atoms with Crippen LogP contribution in [-0.4, -0.2) is 47.1 Å². The zero-order chi connectivity index (χ0) is 29.2. The lowest BCUT2D eigenvalue weighted by molar-refractivity contribution is -0.146. The summed E-state index contributed by atoms with van der Waals surface area (Å²) in [7, 11) is 0. The van der Waals surface area contributed by atoms with Crippen LogP contribution in [0.25, 0.3) is 22.3 Å². The molecule has 1 atom stereocenters. The normalized spacial score (nSPS) is 11.5. The Morgan fingerprint density at radius 3 is 2.32 bits per heavy atom. The molecule has 2 N–H and O–H groups in total. The number of halogens is 1. The minimum absolute atomic E-state index is 0.0127. The standard InChI is InChI=1S/C31H31ClN4O5/c1-3-40-27(37)17-16-25(31(39)41-4-2)36-30(38)22-11-13-23(14-12-22)33-19-20-10-15-24-26(18-20)35-29(32)28(34-24)21-8-6-5-7-9-21/h5-15,18,25,33H,3-4,16-17,19H2,1-2H3,(H,36,38). The molecule has 212 valence electrons. The van der Waals surface area contributed by atoms with Crippen LogP contribution in [0.15, 0.2) is 72.8 Å². The first-order chi connectivity index (χ1) is 19.9. The Morgan fingerprint density at radius 2 is 1.61 bits per heavy atom. The number of anilines is 1. The first-order valence-electron chi connectivity index (χ1n) is 13.4. The van der Waals surface area contributed by atoms with E-state index in [-0.39, 0.29) is 26.1 Å². The van der Waals surface area contributed by atoms with Gasteiger partial charge in [0.25, 0.3) is 5.91 Å². The average Bonchev–Trinajstić information content (AvgIpc) is 2.98. The van der Waals surface area contributed by atoms with E-state index in [1.807, 2.05) is 48.5 Å². The molecule has 1 heterocycles. The van der Waals surface area contributed by atoms with Crippen molar-refractivity contribution in [2.24, 2.45) is 0 Å². The second kappa shape index (κ2) is 14.2. The fourth-order valence-corrected chi connectivity index (χ4v) is 4.38. The van der Waals surface area contributed by atoms with Crippen LogP contribution >= 0.6 is 11.6 Å². The summed E-state index contributed by atoms with van der Waals surface area (Å²) in [4.78, 5) is 46.1. The van der Waals surface area contributed by atoms with Crippen LogP contribution in [0, 0.1) is 0 Å². The molecule has 4 aromatic rings. The van der Waals surface area contributed by atoms with Crippen molar-refractivity contribution in [2.75, 3.05) is 18.5 Å². The summed E-state index contributed by atoms with van der Waals surface area (Å²) in [5.41, 5.74) is 5.14. The first-order valence-corrected chi connectivity index (χ1v) is 13.7. The first kappa shape index (κ1) is 29.5. The molecule has 1 unspecified atom stereocenters. The second-order valence-corrected chi connectivity index (χ2v) is 9.46. The van der Waals surface area contributed by atoms with E-state index in [4.69, 9.17) is 26.1 Å². The van der Waals surface area contributed by atoms with Crippen LogP contribution in [0.1, 0.15) is 42.6 Å². The quantitative estimate of drug-likeness (QED) is 0.211. The predicted octanol–water partition coefficient (Wildman–Crippen LogP) is 5.57. The summed E-state index contributed by atoms with van der Waals surface area (Å²) >= 11 is 6.44. The van der Waals surface area contributed by atoms with E-state index in [0.29, 0.717) is 28.5 Å². The predicted molar refractivity (Wildman–Crippen MR) is 158 cm³/mol. The number of aromatic nitrogens is 2. The molecule has 1 aromatic heterocycles. The maximum absolute atomic E-state index is 12.8.